The number of aliphatic hydroxyl groups is 1. The summed E-state index contributed by atoms with van der Waals surface area (Å²) in [5, 5.41) is 29.8. The molecule has 1 aliphatic heterocycles. The molecule has 0 amide bonds. The van der Waals surface area contributed by atoms with Gasteiger partial charge in [0.15, 0.2) is 0 Å². The standard InChI is InChI=1S/C30H35NO5.C2HF3O2/c1-30(2,3)24-10-13-26(14-11-24)35-19-25(32)17-31-18-27-12-8-23-16-22(9-15-28(23)36-27)20-4-6-21(7-5-20)29(33)34;3-2(4,5)1(6)7/h4-7,9-11,13-16,25,27,31-32H,8,12,17-19H2,1-3H3,(H,33,34);(H,6,7)/t25?,27-;/m1./s1. The molecule has 43 heavy (non-hydrogen) atoms. The SMILES string of the molecule is CC(C)(C)c1ccc(OCC(O)CNC[C@H]2CCc3cc(-c4ccc(C(=O)O)cc4)ccc3O2)cc1.O=C(O)C(F)(F)F. The predicted molar refractivity (Wildman–Crippen MR) is 155 cm³/mol. The summed E-state index contributed by atoms with van der Waals surface area (Å²) in [5.41, 5.74) is 4.80. The van der Waals surface area contributed by atoms with Crippen molar-refractivity contribution >= 4 is 11.9 Å². The molecule has 3 aromatic rings. The van der Waals surface area contributed by atoms with Gasteiger partial charge in [-0.3, -0.25) is 0 Å². The maximum absolute atomic E-state index is 11.1. The Morgan fingerprint density at radius 2 is 1.58 bits per heavy atom. The van der Waals surface area contributed by atoms with E-state index in [-0.39, 0.29) is 23.7 Å². The first-order valence-corrected chi connectivity index (χ1v) is 13.7. The summed E-state index contributed by atoms with van der Waals surface area (Å²) >= 11 is 0. The van der Waals surface area contributed by atoms with Crippen LogP contribution in [0.25, 0.3) is 11.1 Å². The summed E-state index contributed by atoms with van der Waals surface area (Å²) < 4.78 is 43.6. The van der Waals surface area contributed by atoms with Crippen LogP contribution in [0.15, 0.2) is 66.7 Å². The second-order valence-electron chi connectivity index (χ2n) is 11.2. The zero-order chi connectivity index (χ0) is 31.8. The molecular formula is C32H36F3NO7. The highest BCUT2D eigenvalue weighted by Crippen LogP contribution is 2.32. The molecule has 3 aromatic carbocycles. The Labute approximate surface area is 248 Å². The van der Waals surface area contributed by atoms with Gasteiger partial charge in [-0.1, -0.05) is 51.1 Å². The van der Waals surface area contributed by atoms with E-state index in [1.165, 1.54) is 5.56 Å². The number of carbonyl (C=O) groups is 2. The molecular weight excluding hydrogens is 567 g/mol. The number of carboxylic acids is 2. The molecule has 4 rings (SSSR count). The first kappa shape index (κ1) is 33.4. The molecule has 232 valence electrons. The number of aliphatic carboxylic acids is 1. The topological polar surface area (TPSA) is 125 Å². The number of nitrogens with one attached hydrogen (secondary N) is 1. The second kappa shape index (κ2) is 14.4. The van der Waals surface area contributed by atoms with Gasteiger partial charge in [0.2, 0.25) is 0 Å². The lowest BCUT2D eigenvalue weighted by Gasteiger charge is -2.27. The maximum atomic E-state index is 11.1. The van der Waals surface area contributed by atoms with Crippen molar-refractivity contribution in [2.45, 2.75) is 57.4 Å². The van der Waals surface area contributed by atoms with E-state index in [1.807, 2.05) is 36.4 Å². The number of aliphatic hydroxyl groups excluding tert-OH is 1. The van der Waals surface area contributed by atoms with Crippen molar-refractivity contribution in [2.75, 3.05) is 19.7 Å². The Balaban J connectivity index is 0.000000646. The number of hydrogen-bond acceptors (Lipinski definition) is 6. The molecule has 4 N–H and O–H groups in total. The lowest BCUT2D eigenvalue weighted by Crippen LogP contribution is -2.39. The van der Waals surface area contributed by atoms with Crippen molar-refractivity contribution < 1.29 is 47.6 Å². The Bertz CT molecular complexity index is 1370. The van der Waals surface area contributed by atoms with Crippen molar-refractivity contribution in [3.05, 3.63) is 83.4 Å². The smallest absolute Gasteiger partial charge is 0.490 e. The molecule has 2 atom stereocenters. The molecule has 11 heteroatoms. The normalized spacial score (nSPS) is 15.3. The molecule has 0 bridgehead atoms. The molecule has 1 unspecified atom stereocenters. The molecule has 1 aliphatic rings. The van der Waals surface area contributed by atoms with Crippen molar-refractivity contribution in [1.82, 2.24) is 5.32 Å². The van der Waals surface area contributed by atoms with Gasteiger partial charge in [0.25, 0.3) is 0 Å². The van der Waals surface area contributed by atoms with Crippen LogP contribution in [-0.2, 0) is 16.6 Å². The van der Waals surface area contributed by atoms with Gasteiger partial charge < -0.3 is 30.1 Å². The van der Waals surface area contributed by atoms with Gasteiger partial charge in [-0.15, -0.1) is 0 Å². The van der Waals surface area contributed by atoms with Crippen LogP contribution in [-0.4, -0.2) is 65.3 Å². The minimum absolute atomic E-state index is 0.0382. The molecule has 0 aliphatic carbocycles. The number of halogens is 3. The fourth-order valence-electron chi connectivity index (χ4n) is 4.29. The number of hydrogen-bond donors (Lipinski definition) is 4. The number of rotatable bonds is 9. The number of ether oxygens (including phenoxy) is 2. The van der Waals surface area contributed by atoms with E-state index in [0.29, 0.717) is 13.1 Å². The quantitative estimate of drug-likeness (QED) is 0.245. The van der Waals surface area contributed by atoms with Crippen LogP contribution in [0.2, 0.25) is 0 Å². The van der Waals surface area contributed by atoms with Gasteiger partial charge in [0.1, 0.15) is 30.3 Å². The van der Waals surface area contributed by atoms with E-state index in [1.54, 1.807) is 12.1 Å². The monoisotopic (exact) mass is 603 g/mol. The number of carboxylic acid groups (broad SMARTS) is 2. The molecule has 0 saturated heterocycles. The summed E-state index contributed by atoms with van der Waals surface area (Å²) in [4.78, 5) is 20.0. The summed E-state index contributed by atoms with van der Waals surface area (Å²) in [6, 6.07) is 21.0. The highest BCUT2D eigenvalue weighted by molar-refractivity contribution is 5.88. The largest absolute Gasteiger partial charge is 0.491 e. The van der Waals surface area contributed by atoms with Gasteiger partial charge >= 0.3 is 18.1 Å². The van der Waals surface area contributed by atoms with Gasteiger partial charge in [0.05, 0.1) is 5.56 Å². The van der Waals surface area contributed by atoms with E-state index in [2.05, 4.69) is 44.3 Å². The van der Waals surface area contributed by atoms with Crippen LogP contribution >= 0.6 is 0 Å². The van der Waals surface area contributed by atoms with E-state index in [4.69, 9.17) is 24.5 Å². The molecule has 1 heterocycles. The number of aromatic carboxylic acids is 1. The summed E-state index contributed by atoms with van der Waals surface area (Å²) in [5.74, 6) is -2.05. The average Bonchev–Trinajstić information content (AvgIpc) is 2.95. The summed E-state index contributed by atoms with van der Waals surface area (Å²) in [6.07, 6.45) is -3.87. The first-order valence-electron chi connectivity index (χ1n) is 13.7. The zero-order valence-corrected chi connectivity index (χ0v) is 24.1. The van der Waals surface area contributed by atoms with Crippen LogP contribution in [0.1, 0.15) is 48.7 Å². The third-order valence-electron chi connectivity index (χ3n) is 6.71. The van der Waals surface area contributed by atoms with Crippen LogP contribution in [0.5, 0.6) is 11.5 Å². The fraction of sp³-hybridized carbons (Fsp3) is 0.375. The van der Waals surface area contributed by atoms with Gasteiger partial charge in [-0.2, -0.15) is 13.2 Å². The Morgan fingerprint density at radius 1 is 0.977 bits per heavy atom. The van der Waals surface area contributed by atoms with Crippen LogP contribution in [0.4, 0.5) is 13.2 Å². The minimum atomic E-state index is -5.08. The lowest BCUT2D eigenvalue weighted by atomic mass is 9.87. The second-order valence-corrected chi connectivity index (χ2v) is 11.2. The molecule has 0 radical (unpaired) electrons. The molecule has 8 nitrogen and oxygen atoms in total. The fourth-order valence-corrected chi connectivity index (χ4v) is 4.29. The molecule has 0 fully saturated rings. The highest BCUT2D eigenvalue weighted by Gasteiger charge is 2.38. The molecule has 0 saturated carbocycles. The number of fused-ring (bicyclic) bond motifs is 1. The molecule has 0 spiro atoms. The molecule has 0 aromatic heterocycles. The number of alkyl halides is 3. The first-order chi connectivity index (χ1) is 20.1. The zero-order valence-electron chi connectivity index (χ0n) is 24.1. The van der Waals surface area contributed by atoms with Crippen LogP contribution in [0, 0.1) is 0 Å². The highest BCUT2D eigenvalue weighted by atomic mass is 19.4. The Morgan fingerprint density at radius 3 is 2.14 bits per heavy atom. The van der Waals surface area contributed by atoms with E-state index >= 15 is 0 Å². The van der Waals surface area contributed by atoms with Crippen molar-refractivity contribution in [1.29, 1.82) is 0 Å². The van der Waals surface area contributed by atoms with Crippen LogP contribution in [0.3, 0.4) is 0 Å². The van der Waals surface area contributed by atoms with Crippen LogP contribution < -0.4 is 14.8 Å². The minimum Gasteiger partial charge on any atom is -0.491 e. The summed E-state index contributed by atoms with van der Waals surface area (Å²) in [7, 11) is 0. The van der Waals surface area contributed by atoms with E-state index < -0.39 is 24.2 Å². The third kappa shape index (κ3) is 10.3. The third-order valence-corrected chi connectivity index (χ3v) is 6.71. The Hall–Kier alpha value is -4.09. The Kier molecular flexibility index (Phi) is 11.2. The maximum Gasteiger partial charge on any atom is 0.490 e. The predicted octanol–water partition coefficient (Wildman–Crippen LogP) is 5.71. The number of aryl methyl sites for hydroxylation is 1. The average molecular weight is 604 g/mol. The van der Waals surface area contributed by atoms with Gasteiger partial charge in [-0.05, 0) is 76.9 Å². The van der Waals surface area contributed by atoms with E-state index in [0.717, 1.165) is 41.0 Å². The van der Waals surface area contributed by atoms with Gasteiger partial charge in [-0.25, -0.2) is 9.59 Å². The van der Waals surface area contributed by atoms with Crippen molar-refractivity contribution in [3.63, 3.8) is 0 Å². The van der Waals surface area contributed by atoms with E-state index in [9.17, 15) is 23.1 Å². The lowest BCUT2D eigenvalue weighted by molar-refractivity contribution is -0.192. The van der Waals surface area contributed by atoms with Crippen molar-refractivity contribution in [2.24, 2.45) is 0 Å². The number of benzene rings is 3. The van der Waals surface area contributed by atoms with Crippen molar-refractivity contribution in [3.8, 4) is 22.6 Å². The van der Waals surface area contributed by atoms with Gasteiger partial charge in [0, 0.05) is 13.1 Å². The summed E-state index contributed by atoms with van der Waals surface area (Å²) in [6.45, 7) is 7.83.